The molecule has 7 heteroatoms. The van der Waals surface area contributed by atoms with E-state index >= 15 is 0 Å². The van der Waals surface area contributed by atoms with Crippen LogP contribution in [0.3, 0.4) is 0 Å². The number of nitrogens with zero attached hydrogens (tertiary/aromatic N) is 2. The number of benzene rings is 3. The fraction of sp³-hybridized carbons (Fsp3) is 0.167. The first-order valence-electron chi connectivity index (χ1n) is 9.94. The number of nitrogens with one attached hydrogen (secondary N) is 2. The molecule has 0 atom stereocenters. The summed E-state index contributed by atoms with van der Waals surface area (Å²) in [6.45, 7) is 1.06. The maximum absolute atomic E-state index is 5.78. The minimum Gasteiger partial charge on any atom is -0.493 e. The predicted molar refractivity (Wildman–Crippen MR) is 123 cm³/mol. The van der Waals surface area contributed by atoms with E-state index in [4.69, 9.17) is 14.2 Å². The molecule has 0 unspecified atom stereocenters. The van der Waals surface area contributed by atoms with E-state index in [-0.39, 0.29) is 0 Å². The molecule has 0 bridgehead atoms. The first-order chi connectivity index (χ1) is 15.3. The number of hydrogen-bond donors (Lipinski definition) is 2. The van der Waals surface area contributed by atoms with Crippen LogP contribution in [0.15, 0.2) is 72.8 Å². The van der Waals surface area contributed by atoms with Crippen molar-refractivity contribution in [3.05, 3.63) is 72.8 Å². The topological polar surface area (TPSA) is 77.5 Å². The summed E-state index contributed by atoms with van der Waals surface area (Å²) >= 11 is 0. The van der Waals surface area contributed by atoms with Gasteiger partial charge >= 0.3 is 0 Å². The lowest BCUT2D eigenvalue weighted by Crippen LogP contribution is -2.13. The molecule has 0 aliphatic heterocycles. The number of fused-ring (bicyclic) bond motifs is 1. The lowest BCUT2D eigenvalue weighted by molar-refractivity contribution is 0.333. The van der Waals surface area contributed by atoms with E-state index in [1.54, 1.807) is 14.2 Å². The number of aromatic nitrogens is 2. The number of para-hydroxylation sites is 2. The van der Waals surface area contributed by atoms with Crippen LogP contribution < -0.4 is 24.8 Å². The molecule has 1 aromatic heterocycles. The number of methoxy groups -OCH3 is 2. The fourth-order valence-electron chi connectivity index (χ4n) is 3.15. The van der Waals surface area contributed by atoms with Gasteiger partial charge < -0.3 is 24.8 Å². The van der Waals surface area contributed by atoms with Crippen molar-refractivity contribution in [2.75, 3.05) is 38.0 Å². The first kappa shape index (κ1) is 20.3. The van der Waals surface area contributed by atoms with Crippen LogP contribution in [0.1, 0.15) is 0 Å². The quantitative estimate of drug-likeness (QED) is 0.377. The maximum atomic E-state index is 5.78. The van der Waals surface area contributed by atoms with Crippen LogP contribution in [0.25, 0.3) is 10.9 Å². The Labute approximate surface area is 181 Å². The maximum Gasteiger partial charge on any atom is 0.229 e. The molecule has 0 aliphatic rings. The van der Waals surface area contributed by atoms with E-state index in [9.17, 15) is 0 Å². The summed E-state index contributed by atoms with van der Waals surface area (Å²) in [7, 11) is 3.21. The van der Waals surface area contributed by atoms with E-state index in [1.165, 1.54) is 0 Å². The summed E-state index contributed by atoms with van der Waals surface area (Å²) in [5, 5.41) is 7.44. The lowest BCUT2D eigenvalue weighted by Gasteiger charge is -2.15. The highest BCUT2D eigenvalue weighted by Crippen LogP contribution is 2.34. The summed E-state index contributed by atoms with van der Waals surface area (Å²) < 4.78 is 16.7. The zero-order chi connectivity index (χ0) is 21.5. The molecular formula is C24H24N4O3. The summed E-state index contributed by atoms with van der Waals surface area (Å²) in [6.07, 6.45) is 0. The monoisotopic (exact) mass is 416 g/mol. The molecule has 7 nitrogen and oxygen atoms in total. The summed E-state index contributed by atoms with van der Waals surface area (Å²) in [6, 6.07) is 23.2. The summed E-state index contributed by atoms with van der Waals surface area (Å²) in [5.41, 5.74) is 1.64. The Morgan fingerprint density at radius 2 is 1.48 bits per heavy atom. The van der Waals surface area contributed by atoms with Gasteiger partial charge in [0.2, 0.25) is 5.95 Å². The molecule has 0 radical (unpaired) electrons. The Bertz CT molecular complexity index is 1140. The van der Waals surface area contributed by atoms with E-state index in [2.05, 4.69) is 20.6 Å². The van der Waals surface area contributed by atoms with Crippen molar-refractivity contribution in [2.24, 2.45) is 0 Å². The molecule has 158 valence electrons. The van der Waals surface area contributed by atoms with Crippen LogP contribution >= 0.6 is 0 Å². The van der Waals surface area contributed by atoms with Crippen molar-refractivity contribution in [1.82, 2.24) is 9.97 Å². The zero-order valence-corrected chi connectivity index (χ0v) is 17.5. The second-order valence-electron chi connectivity index (χ2n) is 6.70. The molecule has 0 saturated heterocycles. The standard InChI is InChI=1S/C24H24N4O3/c1-29-21-15-19-20(16-22(21)30-2)27-24(26-17-9-5-3-6-10-17)28-23(19)25-13-14-31-18-11-7-4-8-12-18/h3-12,15-16H,13-14H2,1-2H3,(H2,25,26,27,28). The summed E-state index contributed by atoms with van der Waals surface area (Å²) in [4.78, 5) is 9.35. The minimum atomic E-state index is 0.484. The zero-order valence-electron chi connectivity index (χ0n) is 17.5. The van der Waals surface area contributed by atoms with Gasteiger partial charge in [0.15, 0.2) is 11.5 Å². The molecule has 0 fully saturated rings. The van der Waals surface area contributed by atoms with Gasteiger partial charge in [0.05, 0.1) is 26.3 Å². The van der Waals surface area contributed by atoms with E-state index < -0.39 is 0 Å². The Balaban J connectivity index is 1.61. The van der Waals surface area contributed by atoms with Crippen molar-refractivity contribution in [2.45, 2.75) is 0 Å². The molecule has 31 heavy (non-hydrogen) atoms. The van der Waals surface area contributed by atoms with Gasteiger partial charge in [-0.2, -0.15) is 4.98 Å². The number of hydrogen-bond acceptors (Lipinski definition) is 7. The molecule has 0 aliphatic carbocycles. The largest absolute Gasteiger partial charge is 0.493 e. The first-order valence-corrected chi connectivity index (χ1v) is 9.94. The van der Waals surface area contributed by atoms with Crippen molar-refractivity contribution in [1.29, 1.82) is 0 Å². The van der Waals surface area contributed by atoms with Gasteiger partial charge in [-0.3, -0.25) is 0 Å². The average Bonchev–Trinajstić information content (AvgIpc) is 2.82. The SMILES string of the molecule is COc1cc2nc(Nc3ccccc3)nc(NCCOc3ccccc3)c2cc1OC. The molecular weight excluding hydrogens is 392 g/mol. The lowest BCUT2D eigenvalue weighted by atomic mass is 10.2. The van der Waals surface area contributed by atoms with Gasteiger partial charge in [-0.15, -0.1) is 0 Å². The number of ether oxygens (including phenoxy) is 3. The highest BCUT2D eigenvalue weighted by atomic mass is 16.5. The third-order valence-electron chi connectivity index (χ3n) is 4.64. The average molecular weight is 416 g/mol. The molecule has 0 amide bonds. The van der Waals surface area contributed by atoms with Crippen LogP contribution in [-0.2, 0) is 0 Å². The molecule has 4 rings (SSSR count). The van der Waals surface area contributed by atoms with Gasteiger partial charge in [0, 0.05) is 17.1 Å². The Morgan fingerprint density at radius 1 is 0.806 bits per heavy atom. The highest BCUT2D eigenvalue weighted by Gasteiger charge is 2.13. The predicted octanol–water partition coefficient (Wildman–Crippen LogP) is 4.88. The van der Waals surface area contributed by atoms with E-state index in [1.807, 2.05) is 72.8 Å². The van der Waals surface area contributed by atoms with Crippen LogP contribution in [-0.4, -0.2) is 37.3 Å². The molecule has 0 saturated carbocycles. The smallest absolute Gasteiger partial charge is 0.229 e. The second kappa shape index (κ2) is 9.67. The molecule has 1 heterocycles. The van der Waals surface area contributed by atoms with Crippen molar-refractivity contribution < 1.29 is 14.2 Å². The minimum absolute atomic E-state index is 0.484. The Hall–Kier alpha value is -4.00. The van der Waals surface area contributed by atoms with Crippen LogP contribution in [0.4, 0.5) is 17.5 Å². The second-order valence-corrected chi connectivity index (χ2v) is 6.70. The highest BCUT2D eigenvalue weighted by molar-refractivity contribution is 5.93. The summed E-state index contributed by atoms with van der Waals surface area (Å²) in [5.74, 6) is 3.22. The van der Waals surface area contributed by atoms with Gasteiger partial charge in [-0.05, 0) is 30.3 Å². The van der Waals surface area contributed by atoms with Crippen LogP contribution in [0.5, 0.6) is 17.2 Å². The van der Waals surface area contributed by atoms with Gasteiger partial charge in [0.25, 0.3) is 0 Å². The molecule has 4 aromatic rings. The third-order valence-corrected chi connectivity index (χ3v) is 4.64. The van der Waals surface area contributed by atoms with Crippen molar-refractivity contribution in [3.63, 3.8) is 0 Å². The van der Waals surface area contributed by atoms with Crippen molar-refractivity contribution in [3.8, 4) is 17.2 Å². The van der Waals surface area contributed by atoms with E-state index in [0.29, 0.717) is 36.4 Å². The van der Waals surface area contributed by atoms with E-state index in [0.717, 1.165) is 22.3 Å². The van der Waals surface area contributed by atoms with Crippen LogP contribution in [0, 0.1) is 0 Å². The molecule has 2 N–H and O–H groups in total. The molecule has 0 spiro atoms. The van der Waals surface area contributed by atoms with Gasteiger partial charge in [-0.1, -0.05) is 36.4 Å². The Kier molecular flexibility index (Phi) is 6.32. The van der Waals surface area contributed by atoms with Crippen LogP contribution in [0.2, 0.25) is 0 Å². The van der Waals surface area contributed by atoms with Gasteiger partial charge in [0.1, 0.15) is 18.2 Å². The number of anilines is 3. The normalized spacial score (nSPS) is 10.5. The Morgan fingerprint density at radius 3 is 2.19 bits per heavy atom. The number of rotatable bonds is 9. The van der Waals surface area contributed by atoms with Gasteiger partial charge in [-0.25, -0.2) is 4.98 Å². The molecule has 3 aromatic carbocycles. The fourth-order valence-corrected chi connectivity index (χ4v) is 3.15. The van der Waals surface area contributed by atoms with Crippen molar-refractivity contribution >= 4 is 28.4 Å². The third kappa shape index (κ3) is 4.95.